The first-order chi connectivity index (χ1) is 16.6. The minimum absolute atomic E-state index is 0.161. The standard InChI is InChI=1S/C25H23N5O3S/c1-14-9-18(15(2)34-14)20-7-8-26-25(29-20)30-23(17-4-5-17)19(12-28-30)24(31)27-11-16-3-6-21-22(10-16)33-13-32-21/h3,6-10,12,17H,4-5,11,13H2,1-2H3,(H,27,31). The van der Waals surface area contributed by atoms with Gasteiger partial charge < -0.3 is 14.8 Å². The number of rotatable bonds is 6. The van der Waals surface area contributed by atoms with Crippen molar-refractivity contribution in [2.45, 2.75) is 39.2 Å². The summed E-state index contributed by atoms with van der Waals surface area (Å²) >= 11 is 1.75. The smallest absolute Gasteiger partial charge is 0.255 e. The molecule has 4 heterocycles. The zero-order chi connectivity index (χ0) is 23.2. The van der Waals surface area contributed by atoms with Crippen LogP contribution in [-0.2, 0) is 6.54 Å². The van der Waals surface area contributed by atoms with E-state index in [0.29, 0.717) is 23.8 Å². The molecule has 4 aromatic rings. The van der Waals surface area contributed by atoms with Crippen LogP contribution >= 0.6 is 11.3 Å². The molecule has 1 N–H and O–H groups in total. The Bertz CT molecular complexity index is 1410. The van der Waals surface area contributed by atoms with Gasteiger partial charge in [-0.1, -0.05) is 6.07 Å². The second kappa shape index (κ2) is 8.25. The van der Waals surface area contributed by atoms with E-state index in [2.05, 4.69) is 35.3 Å². The van der Waals surface area contributed by atoms with Crippen molar-refractivity contribution in [2.75, 3.05) is 6.79 Å². The summed E-state index contributed by atoms with van der Waals surface area (Å²) < 4.78 is 12.5. The van der Waals surface area contributed by atoms with E-state index in [-0.39, 0.29) is 18.6 Å². The highest BCUT2D eigenvalue weighted by molar-refractivity contribution is 7.12. The molecule has 1 aromatic carbocycles. The van der Waals surface area contributed by atoms with E-state index >= 15 is 0 Å². The van der Waals surface area contributed by atoms with Gasteiger partial charge >= 0.3 is 0 Å². The average Bonchev–Trinajstić information content (AvgIpc) is 3.25. The Hall–Kier alpha value is -3.72. The van der Waals surface area contributed by atoms with Crippen LogP contribution in [0.3, 0.4) is 0 Å². The fourth-order valence-corrected chi connectivity index (χ4v) is 5.19. The molecule has 3 aromatic heterocycles. The number of amides is 1. The third-order valence-corrected chi connectivity index (χ3v) is 7.02. The maximum Gasteiger partial charge on any atom is 0.255 e. The molecule has 0 saturated heterocycles. The van der Waals surface area contributed by atoms with Crippen molar-refractivity contribution in [1.29, 1.82) is 0 Å². The zero-order valence-electron chi connectivity index (χ0n) is 18.9. The van der Waals surface area contributed by atoms with E-state index < -0.39 is 0 Å². The van der Waals surface area contributed by atoms with Crippen LogP contribution in [0.5, 0.6) is 11.5 Å². The Balaban J connectivity index is 1.27. The lowest BCUT2D eigenvalue weighted by molar-refractivity contribution is 0.0949. The van der Waals surface area contributed by atoms with Gasteiger partial charge in [0.1, 0.15) is 0 Å². The van der Waals surface area contributed by atoms with E-state index in [9.17, 15) is 4.79 Å². The summed E-state index contributed by atoms with van der Waals surface area (Å²) in [5.41, 5.74) is 4.35. The number of hydrogen-bond donors (Lipinski definition) is 1. The molecule has 1 aliphatic carbocycles. The maximum atomic E-state index is 13.1. The highest BCUT2D eigenvalue weighted by atomic mass is 32.1. The molecule has 0 bridgehead atoms. The predicted octanol–water partition coefficient (Wildman–Crippen LogP) is 4.54. The average molecular weight is 474 g/mol. The number of hydrogen-bond acceptors (Lipinski definition) is 7. The van der Waals surface area contributed by atoms with E-state index in [1.807, 2.05) is 24.3 Å². The topological polar surface area (TPSA) is 91.2 Å². The molecule has 0 radical (unpaired) electrons. The third kappa shape index (κ3) is 3.81. The van der Waals surface area contributed by atoms with Crippen molar-refractivity contribution < 1.29 is 14.3 Å². The van der Waals surface area contributed by atoms with Crippen molar-refractivity contribution in [3.8, 4) is 28.7 Å². The molecule has 1 fully saturated rings. The Kier molecular flexibility index (Phi) is 5.06. The van der Waals surface area contributed by atoms with Gasteiger partial charge in [-0.15, -0.1) is 11.3 Å². The normalized spacial score (nSPS) is 14.4. The lowest BCUT2D eigenvalue weighted by Crippen LogP contribution is -2.24. The van der Waals surface area contributed by atoms with E-state index in [1.165, 1.54) is 9.75 Å². The Labute approximate surface area is 200 Å². The van der Waals surface area contributed by atoms with Gasteiger partial charge in [0.2, 0.25) is 6.79 Å². The second-order valence-electron chi connectivity index (χ2n) is 8.57. The number of nitrogens with one attached hydrogen (secondary N) is 1. The summed E-state index contributed by atoms with van der Waals surface area (Å²) in [5, 5.41) is 7.54. The van der Waals surface area contributed by atoms with Crippen LogP contribution in [0, 0.1) is 13.8 Å². The SMILES string of the molecule is Cc1cc(-c2ccnc(-n3ncc(C(=O)NCc4ccc5c(c4)OCO5)c3C3CC3)n2)c(C)s1. The van der Waals surface area contributed by atoms with Crippen molar-refractivity contribution in [3.63, 3.8) is 0 Å². The minimum atomic E-state index is -0.161. The number of thiophene rings is 1. The van der Waals surface area contributed by atoms with Gasteiger partial charge in [0.15, 0.2) is 11.5 Å². The van der Waals surface area contributed by atoms with Gasteiger partial charge in [-0.05, 0) is 56.5 Å². The number of aromatic nitrogens is 4. The number of aryl methyl sites for hydroxylation is 2. The molecule has 0 unspecified atom stereocenters. The molecule has 1 saturated carbocycles. The van der Waals surface area contributed by atoms with E-state index in [1.54, 1.807) is 28.4 Å². The Morgan fingerprint density at radius 3 is 2.82 bits per heavy atom. The summed E-state index contributed by atoms with van der Waals surface area (Å²) in [6.45, 7) is 4.80. The quantitative estimate of drug-likeness (QED) is 0.442. The highest BCUT2D eigenvalue weighted by Crippen LogP contribution is 2.42. The summed E-state index contributed by atoms with van der Waals surface area (Å²) in [4.78, 5) is 24.9. The molecule has 6 rings (SSSR count). The Morgan fingerprint density at radius 1 is 1.18 bits per heavy atom. The summed E-state index contributed by atoms with van der Waals surface area (Å²) in [7, 11) is 0. The lowest BCUT2D eigenvalue weighted by atomic mass is 10.1. The molecular weight excluding hydrogens is 450 g/mol. The van der Waals surface area contributed by atoms with Crippen LogP contribution in [0.4, 0.5) is 0 Å². The largest absolute Gasteiger partial charge is 0.454 e. The number of ether oxygens (including phenoxy) is 2. The molecule has 9 heteroatoms. The van der Waals surface area contributed by atoms with Crippen molar-refractivity contribution in [3.05, 3.63) is 69.3 Å². The highest BCUT2D eigenvalue weighted by Gasteiger charge is 2.33. The van der Waals surface area contributed by atoms with Gasteiger partial charge in [0.05, 0.1) is 23.1 Å². The van der Waals surface area contributed by atoms with Crippen LogP contribution in [0.1, 0.15) is 50.1 Å². The molecule has 1 aliphatic heterocycles. The van der Waals surface area contributed by atoms with Crippen LogP contribution < -0.4 is 14.8 Å². The fraction of sp³-hybridized carbons (Fsp3) is 0.280. The molecule has 0 atom stereocenters. The number of nitrogens with zero attached hydrogens (tertiary/aromatic N) is 4. The summed E-state index contributed by atoms with van der Waals surface area (Å²) in [6, 6.07) is 9.73. The Morgan fingerprint density at radius 2 is 2.03 bits per heavy atom. The van der Waals surface area contributed by atoms with Gasteiger partial charge in [-0.3, -0.25) is 4.79 Å². The number of carbonyl (C=O) groups is 1. The van der Waals surface area contributed by atoms with Crippen LogP contribution in [0.2, 0.25) is 0 Å². The third-order valence-electron chi connectivity index (χ3n) is 6.05. The molecule has 34 heavy (non-hydrogen) atoms. The summed E-state index contributed by atoms with van der Waals surface area (Å²) in [5.74, 6) is 2.03. The van der Waals surface area contributed by atoms with Gasteiger partial charge in [0.25, 0.3) is 11.9 Å². The molecule has 0 spiro atoms. The minimum Gasteiger partial charge on any atom is -0.454 e. The lowest BCUT2D eigenvalue weighted by Gasteiger charge is -2.10. The number of benzene rings is 1. The predicted molar refractivity (Wildman–Crippen MR) is 128 cm³/mol. The van der Waals surface area contributed by atoms with E-state index in [4.69, 9.17) is 14.5 Å². The maximum absolute atomic E-state index is 13.1. The van der Waals surface area contributed by atoms with Crippen molar-refractivity contribution in [2.24, 2.45) is 0 Å². The molecular formula is C25H23N5O3S. The molecule has 8 nitrogen and oxygen atoms in total. The van der Waals surface area contributed by atoms with Crippen molar-refractivity contribution >= 4 is 17.2 Å². The monoisotopic (exact) mass is 473 g/mol. The van der Waals surface area contributed by atoms with Crippen LogP contribution in [-0.4, -0.2) is 32.4 Å². The second-order valence-corrected chi connectivity index (χ2v) is 10.0. The first-order valence-electron chi connectivity index (χ1n) is 11.2. The number of fused-ring (bicyclic) bond motifs is 1. The summed E-state index contributed by atoms with van der Waals surface area (Å²) in [6.07, 6.45) is 5.42. The van der Waals surface area contributed by atoms with E-state index in [0.717, 1.165) is 41.1 Å². The molecule has 172 valence electrons. The first kappa shape index (κ1) is 20.9. The molecule has 1 amide bonds. The van der Waals surface area contributed by atoms with Crippen molar-refractivity contribution in [1.82, 2.24) is 25.1 Å². The van der Waals surface area contributed by atoms with Crippen LogP contribution in [0.25, 0.3) is 17.2 Å². The zero-order valence-corrected chi connectivity index (χ0v) is 19.7. The molecule has 2 aliphatic rings. The fourth-order valence-electron chi connectivity index (χ4n) is 4.26. The first-order valence-corrected chi connectivity index (χ1v) is 12.0. The van der Waals surface area contributed by atoms with Gasteiger partial charge in [-0.25, -0.2) is 14.6 Å². The van der Waals surface area contributed by atoms with Gasteiger partial charge in [-0.2, -0.15) is 5.10 Å². The number of carbonyl (C=O) groups excluding carboxylic acids is 1. The van der Waals surface area contributed by atoms with Crippen LogP contribution in [0.15, 0.2) is 42.7 Å². The van der Waals surface area contributed by atoms with Gasteiger partial charge in [0, 0.05) is 34.0 Å².